The third-order valence-corrected chi connectivity index (χ3v) is 3.44. The van der Waals surface area contributed by atoms with E-state index in [0.717, 1.165) is 11.3 Å². The summed E-state index contributed by atoms with van der Waals surface area (Å²) in [4.78, 5) is 11.6. The summed E-state index contributed by atoms with van der Waals surface area (Å²) in [6, 6.07) is 19.7. The van der Waals surface area contributed by atoms with Crippen LogP contribution in [0.5, 0.6) is 5.75 Å². The second kappa shape index (κ2) is 8.23. The topological polar surface area (TPSA) is 35.5 Å². The first kappa shape index (κ1) is 16.1. The number of hydrogen-bond acceptors (Lipinski definition) is 3. The molecule has 0 aliphatic heterocycles. The SMILES string of the molecule is CCC(=O)OC(C)[C@@H](Cc1ccccc1)Oc1ccccc1. The van der Waals surface area contributed by atoms with E-state index >= 15 is 0 Å². The van der Waals surface area contributed by atoms with E-state index in [1.165, 1.54) is 0 Å². The quantitative estimate of drug-likeness (QED) is 0.724. The maximum absolute atomic E-state index is 11.6. The number of rotatable bonds is 7. The predicted molar refractivity (Wildman–Crippen MR) is 86.8 cm³/mol. The first-order chi connectivity index (χ1) is 10.7. The second-order valence-corrected chi connectivity index (χ2v) is 5.21. The number of carbonyl (C=O) groups excluding carboxylic acids is 1. The van der Waals surface area contributed by atoms with Crippen molar-refractivity contribution >= 4 is 5.97 Å². The van der Waals surface area contributed by atoms with Gasteiger partial charge in [0.25, 0.3) is 0 Å². The molecule has 2 aromatic carbocycles. The largest absolute Gasteiger partial charge is 0.486 e. The fourth-order valence-corrected chi connectivity index (χ4v) is 2.19. The van der Waals surface area contributed by atoms with E-state index in [-0.39, 0.29) is 18.2 Å². The van der Waals surface area contributed by atoms with Gasteiger partial charge in [0, 0.05) is 12.8 Å². The van der Waals surface area contributed by atoms with Crippen LogP contribution in [0.1, 0.15) is 25.8 Å². The molecule has 22 heavy (non-hydrogen) atoms. The molecule has 0 aliphatic carbocycles. The van der Waals surface area contributed by atoms with Crippen molar-refractivity contribution in [1.29, 1.82) is 0 Å². The summed E-state index contributed by atoms with van der Waals surface area (Å²) in [5.74, 6) is 0.574. The Hall–Kier alpha value is -2.29. The van der Waals surface area contributed by atoms with E-state index in [1.807, 2.05) is 55.5 Å². The van der Waals surface area contributed by atoms with Crippen LogP contribution in [0, 0.1) is 0 Å². The molecule has 0 aromatic heterocycles. The summed E-state index contributed by atoms with van der Waals surface area (Å²) in [5.41, 5.74) is 1.16. The van der Waals surface area contributed by atoms with Crippen LogP contribution >= 0.6 is 0 Å². The van der Waals surface area contributed by atoms with Crippen LogP contribution in [0.3, 0.4) is 0 Å². The Morgan fingerprint density at radius 1 is 1.00 bits per heavy atom. The minimum Gasteiger partial charge on any atom is -0.486 e. The van der Waals surface area contributed by atoms with Gasteiger partial charge in [0.1, 0.15) is 18.0 Å². The summed E-state index contributed by atoms with van der Waals surface area (Å²) in [7, 11) is 0. The molecule has 0 bridgehead atoms. The van der Waals surface area contributed by atoms with Crippen LogP contribution in [-0.4, -0.2) is 18.2 Å². The molecule has 0 radical (unpaired) electrons. The zero-order valence-electron chi connectivity index (χ0n) is 13.1. The van der Waals surface area contributed by atoms with E-state index in [2.05, 4.69) is 12.1 Å². The summed E-state index contributed by atoms with van der Waals surface area (Å²) in [5, 5.41) is 0. The van der Waals surface area contributed by atoms with Crippen molar-refractivity contribution in [1.82, 2.24) is 0 Å². The molecule has 2 atom stereocenters. The number of esters is 1. The molecule has 0 fully saturated rings. The van der Waals surface area contributed by atoms with Crippen LogP contribution in [0.25, 0.3) is 0 Å². The number of hydrogen-bond donors (Lipinski definition) is 0. The van der Waals surface area contributed by atoms with Gasteiger partial charge in [-0.25, -0.2) is 0 Å². The summed E-state index contributed by atoms with van der Waals surface area (Å²) >= 11 is 0. The number of ether oxygens (including phenoxy) is 2. The lowest BCUT2D eigenvalue weighted by atomic mass is 10.0. The van der Waals surface area contributed by atoms with Gasteiger partial charge in [0.15, 0.2) is 0 Å². The van der Waals surface area contributed by atoms with Gasteiger partial charge in [-0.1, -0.05) is 55.5 Å². The third-order valence-electron chi connectivity index (χ3n) is 3.44. The Balaban J connectivity index is 2.10. The molecule has 0 heterocycles. The molecule has 0 N–H and O–H groups in total. The van der Waals surface area contributed by atoms with Gasteiger partial charge in [0.2, 0.25) is 0 Å². The zero-order valence-corrected chi connectivity index (χ0v) is 13.1. The standard InChI is InChI=1S/C19H22O3/c1-3-19(20)21-15(2)18(14-16-10-6-4-7-11-16)22-17-12-8-5-9-13-17/h4-13,15,18H,3,14H2,1-2H3/t15?,18-/m1/s1. The van der Waals surface area contributed by atoms with E-state index in [0.29, 0.717) is 12.8 Å². The maximum Gasteiger partial charge on any atom is 0.305 e. The minimum atomic E-state index is -0.312. The van der Waals surface area contributed by atoms with Gasteiger partial charge >= 0.3 is 5.97 Å². The summed E-state index contributed by atoms with van der Waals surface area (Å²) in [6.07, 6.45) is 0.523. The van der Waals surface area contributed by atoms with Crippen molar-refractivity contribution in [2.45, 2.75) is 38.9 Å². The monoisotopic (exact) mass is 298 g/mol. The fraction of sp³-hybridized carbons (Fsp3) is 0.316. The highest BCUT2D eigenvalue weighted by atomic mass is 16.6. The Bertz CT molecular complexity index is 524. The zero-order chi connectivity index (χ0) is 15.8. The van der Waals surface area contributed by atoms with Crippen molar-refractivity contribution in [2.24, 2.45) is 0 Å². The minimum absolute atomic E-state index is 0.206. The van der Waals surface area contributed by atoms with Crippen LogP contribution in [-0.2, 0) is 16.0 Å². The van der Waals surface area contributed by atoms with Crippen LogP contribution in [0.2, 0.25) is 0 Å². The van der Waals surface area contributed by atoms with Gasteiger partial charge in [-0.05, 0) is 24.6 Å². The molecule has 3 nitrogen and oxygen atoms in total. The van der Waals surface area contributed by atoms with E-state index in [4.69, 9.17) is 9.47 Å². The molecular formula is C19H22O3. The highest BCUT2D eigenvalue weighted by molar-refractivity contribution is 5.69. The number of carbonyl (C=O) groups is 1. The van der Waals surface area contributed by atoms with Crippen LogP contribution in [0.4, 0.5) is 0 Å². The molecule has 0 aliphatic rings. The molecule has 2 rings (SSSR count). The van der Waals surface area contributed by atoms with Crippen molar-refractivity contribution in [3.63, 3.8) is 0 Å². The van der Waals surface area contributed by atoms with Crippen molar-refractivity contribution in [2.75, 3.05) is 0 Å². The van der Waals surface area contributed by atoms with Crippen molar-refractivity contribution < 1.29 is 14.3 Å². The molecule has 1 unspecified atom stereocenters. The average molecular weight is 298 g/mol. The molecular weight excluding hydrogens is 276 g/mol. The first-order valence-electron chi connectivity index (χ1n) is 7.64. The summed E-state index contributed by atoms with van der Waals surface area (Å²) < 4.78 is 11.5. The maximum atomic E-state index is 11.6. The molecule has 0 spiro atoms. The smallest absolute Gasteiger partial charge is 0.305 e. The van der Waals surface area contributed by atoms with Gasteiger partial charge in [-0.15, -0.1) is 0 Å². The molecule has 2 aromatic rings. The van der Waals surface area contributed by atoms with E-state index < -0.39 is 0 Å². The predicted octanol–water partition coefficient (Wildman–Crippen LogP) is 4.02. The van der Waals surface area contributed by atoms with E-state index in [1.54, 1.807) is 6.92 Å². The highest BCUT2D eigenvalue weighted by Crippen LogP contribution is 2.18. The van der Waals surface area contributed by atoms with Crippen LogP contribution < -0.4 is 4.74 Å². The Labute approximate surface area is 131 Å². The second-order valence-electron chi connectivity index (χ2n) is 5.21. The van der Waals surface area contributed by atoms with Crippen molar-refractivity contribution in [3.05, 3.63) is 66.2 Å². The van der Waals surface area contributed by atoms with Crippen LogP contribution in [0.15, 0.2) is 60.7 Å². The lowest BCUT2D eigenvalue weighted by molar-refractivity contribution is -0.152. The highest BCUT2D eigenvalue weighted by Gasteiger charge is 2.23. The Kier molecular flexibility index (Phi) is 6.01. The van der Waals surface area contributed by atoms with Crippen molar-refractivity contribution in [3.8, 4) is 5.75 Å². The van der Waals surface area contributed by atoms with Gasteiger partial charge in [-0.3, -0.25) is 4.79 Å². The van der Waals surface area contributed by atoms with Gasteiger partial charge in [0.05, 0.1) is 0 Å². The van der Waals surface area contributed by atoms with E-state index in [9.17, 15) is 4.79 Å². The van der Waals surface area contributed by atoms with Gasteiger partial charge < -0.3 is 9.47 Å². The molecule has 0 saturated carbocycles. The fourth-order valence-electron chi connectivity index (χ4n) is 2.19. The molecule has 0 amide bonds. The Morgan fingerprint density at radius 3 is 2.18 bits per heavy atom. The molecule has 0 saturated heterocycles. The number of para-hydroxylation sites is 1. The molecule has 3 heteroatoms. The third kappa shape index (κ3) is 4.92. The first-order valence-corrected chi connectivity index (χ1v) is 7.64. The summed E-state index contributed by atoms with van der Waals surface area (Å²) in [6.45, 7) is 3.67. The normalized spacial score (nSPS) is 13.2. The Morgan fingerprint density at radius 2 is 1.59 bits per heavy atom. The lowest BCUT2D eigenvalue weighted by Gasteiger charge is -2.25. The lowest BCUT2D eigenvalue weighted by Crippen LogP contribution is -2.35. The molecule has 116 valence electrons. The average Bonchev–Trinajstić information content (AvgIpc) is 2.56. The number of benzene rings is 2. The van der Waals surface area contributed by atoms with Gasteiger partial charge in [-0.2, -0.15) is 0 Å².